The van der Waals surface area contributed by atoms with E-state index in [1.165, 1.54) is 16.3 Å². The van der Waals surface area contributed by atoms with E-state index in [1.807, 2.05) is 4.98 Å². The van der Waals surface area contributed by atoms with Crippen molar-refractivity contribution in [2.45, 2.75) is 36.2 Å². The fourth-order valence-corrected chi connectivity index (χ4v) is 3.89. The summed E-state index contributed by atoms with van der Waals surface area (Å²) in [6.07, 6.45) is -2.96. The summed E-state index contributed by atoms with van der Waals surface area (Å²) in [7, 11) is 0. The number of anilines is 1. The fourth-order valence-electron chi connectivity index (χ4n) is 2.96. The van der Waals surface area contributed by atoms with Crippen LogP contribution in [-0.4, -0.2) is 87.5 Å². The number of rotatable bonds is 4. The number of ether oxygens (including phenoxy) is 2. The number of nitrogens with zero attached hydrogens (tertiary/aromatic N) is 4. The van der Waals surface area contributed by atoms with E-state index in [-0.39, 0.29) is 24.1 Å². The van der Waals surface area contributed by atoms with Gasteiger partial charge in [-0.25, -0.2) is 9.59 Å². The van der Waals surface area contributed by atoms with Crippen molar-refractivity contribution in [3.63, 3.8) is 0 Å². The van der Waals surface area contributed by atoms with E-state index in [4.69, 9.17) is 25.4 Å². The number of aromatic nitrogens is 5. The molecule has 4 heterocycles. The lowest BCUT2D eigenvalue weighted by Gasteiger charge is -2.14. The van der Waals surface area contributed by atoms with Crippen LogP contribution in [0.25, 0.3) is 0 Å². The molecule has 0 radical (unpaired) electrons. The molecule has 6 atom stereocenters. The van der Waals surface area contributed by atoms with Crippen molar-refractivity contribution in [2.24, 2.45) is 0 Å². The number of hydrogen-bond acceptors (Lipinski definition) is 13. The van der Waals surface area contributed by atoms with Gasteiger partial charge in [-0.1, -0.05) is 0 Å². The summed E-state index contributed by atoms with van der Waals surface area (Å²) >= 11 is 1.47. The molecule has 0 aromatic carbocycles. The molecule has 2 aliphatic rings. The van der Waals surface area contributed by atoms with Crippen LogP contribution in [0.1, 0.15) is 12.5 Å². The lowest BCUT2D eigenvalue weighted by atomic mass is 10.1. The van der Waals surface area contributed by atoms with Crippen LogP contribution in [-0.2, 0) is 9.47 Å². The minimum Gasteiger partial charge on any atom is -0.394 e. The molecule has 2 aliphatic heterocycles. The quantitative estimate of drug-likeness (QED) is 0.248. The summed E-state index contributed by atoms with van der Waals surface area (Å²) in [5, 5.41) is 40.4. The highest BCUT2D eigenvalue weighted by molar-refractivity contribution is 8.00. The molecule has 176 valence electrons. The number of thioether (sulfide) groups is 1. The highest BCUT2D eigenvalue weighted by atomic mass is 32.2. The van der Waals surface area contributed by atoms with E-state index in [2.05, 4.69) is 10.1 Å². The molecule has 4 rings (SSSR count). The molecule has 15 nitrogen and oxygen atoms in total. The molecule has 7 N–H and O–H groups in total. The third-order valence-corrected chi connectivity index (χ3v) is 5.65. The third-order valence-electron chi connectivity index (χ3n) is 4.54. The summed E-state index contributed by atoms with van der Waals surface area (Å²) in [6, 6.07) is 1.54. The number of aromatic amines is 1. The van der Waals surface area contributed by atoms with E-state index in [1.54, 1.807) is 12.3 Å². The highest BCUT2D eigenvalue weighted by Gasteiger charge is 2.44. The Morgan fingerprint density at radius 2 is 1.94 bits per heavy atom. The van der Waals surface area contributed by atoms with Gasteiger partial charge in [0.05, 0.1) is 13.2 Å². The normalized spacial score (nSPS) is 29.5. The van der Waals surface area contributed by atoms with Gasteiger partial charge in [0.1, 0.15) is 42.0 Å². The molecule has 0 spiro atoms. The molecule has 0 saturated carbocycles. The number of nitrogen functional groups attached to an aromatic ring is 1. The Kier molecular flexibility index (Phi) is 7.77. The van der Waals surface area contributed by atoms with Crippen LogP contribution in [0, 0.1) is 0 Å². The van der Waals surface area contributed by atoms with Gasteiger partial charge in [0.2, 0.25) is 0 Å². The van der Waals surface area contributed by atoms with E-state index in [0.717, 1.165) is 6.20 Å². The molecule has 2 aromatic heterocycles. The van der Waals surface area contributed by atoms with Crippen LogP contribution in [0.2, 0.25) is 0 Å². The average molecular weight is 474 g/mol. The van der Waals surface area contributed by atoms with Crippen molar-refractivity contribution in [1.29, 1.82) is 0 Å². The van der Waals surface area contributed by atoms with Crippen LogP contribution in [0.15, 0.2) is 32.8 Å². The summed E-state index contributed by atoms with van der Waals surface area (Å²) in [5.74, 6) is 0.817. The summed E-state index contributed by atoms with van der Waals surface area (Å²) in [4.78, 5) is 39.2. The zero-order valence-corrected chi connectivity index (χ0v) is 17.2. The minimum atomic E-state index is -1.41. The van der Waals surface area contributed by atoms with Gasteiger partial charge in [-0.3, -0.25) is 14.3 Å². The molecule has 0 bridgehead atoms. The largest absolute Gasteiger partial charge is 0.394 e. The van der Waals surface area contributed by atoms with Crippen molar-refractivity contribution >= 4 is 17.6 Å². The SMILES string of the molecule is Nc1ccn([C@@H]2CS[C@H](CO)O2)c(=O)n1.O=c1cnn([C@@H]2O[C@H](CO)[C@@H](O)[C@H]2O)c(=O)[nH]1. The maximum atomic E-state index is 11.4. The Labute approximate surface area is 183 Å². The first-order valence-electron chi connectivity index (χ1n) is 9.28. The Balaban J connectivity index is 0.000000182. The highest BCUT2D eigenvalue weighted by Crippen LogP contribution is 2.30. The predicted octanol–water partition coefficient (Wildman–Crippen LogP) is -4.05. The summed E-state index contributed by atoms with van der Waals surface area (Å²) < 4.78 is 12.6. The zero-order valence-electron chi connectivity index (χ0n) is 16.4. The third kappa shape index (κ3) is 5.23. The lowest BCUT2D eigenvalue weighted by molar-refractivity contribution is -0.0618. The van der Waals surface area contributed by atoms with Crippen molar-refractivity contribution in [3.05, 3.63) is 49.8 Å². The molecule has 16 heteroatoms. The van der Waals surface area contributed by atoms with Gasteiger partial charge < -0.3 is 35.6 Å². The smallest absolute Gasteiger partial charge is 0.351 e. The maximum Gasteiger partial charge on any atom is 0.351 e. The number of nitrogens with one attached hydrogen (secondary N) is 1. The fraction of sp³-hybridized carbons (Fsp3) is 0.562. The number of aliphatic hydroxyl groups is 4. The molecule has 0 aliphatic carbocycles. The zero-order chi connectivity index (χ0) is 23.4. The Morgan fingerprint density at radius 3 is 2.50 bits per heavy atom. The molecular weight excluding hydrogens is 452 g/mol. The van der Waals surface area contributed by atoms with Crippen LogP contribution >= 0.6 is 11.8 Å². The molecular formula is C16H22N6O9S. The number of hydrogen-bond donors (Lipinski definition) is 6. The van der Waals surface area contributed by atoms with Crippen LogP contribution in [0.3, 0.4) is 0 Å². The van der Waals surface area contributed by atoms with E-state index >= 15 is 0 Å². The van der Waals surface area contributed by atoms with Crippen molar-refractivity contribution < 1.29 is 29.9 Å². The van der Waals surface area contributed by atoms with Crippen LogP contribution < -0.4 is 22.7 Å². The minimum absolute atomic E-state index is 0.0572. The van der Waals surface area contributed by atoms with Gasteiger partial charge in [-0.15, -0.1) is 11.8 Å². The second-order valence-corrected chi connectivity index (χ2v) is 7.88. The lowest BCUT2D eigenvalue weighted by Crippen LogP contribution is -2.39. The van der Waals surface area contributed by atoms with Gasteiger partial charge in [-0.2, -0.15) is 14.8 Å². The van der Waals surface area contributed by atoms with E-state index in [0.29, 0.717) is 10.4 Å². The van der Waals surface area contributed by atoms with Gasteiger partial charge in [-0.05, 0) is 6.07 Å². The first-order valence-corrected chi connectivity index (χ1v) is 10.3. The molecule has 0 amide bonds. The average Bonchev–Trinajstić information content (AvgIpc) is 3.34. The second kappa shape index (κ2) is 10.3. The molecule has 2 aromatic rings. The predicted molar refractivity (Wildman–Crippen MR) is 108 cm³/mol. The van der Waals surface area contributed by atoms with Crippen molar-refractivity contribution in [2.75, 3.05) is 24.7 Å². The van der Waals surface area contributed by atoms with Gasteiger partial charge in [0.25, 0.3) is 5.56 Å². The second-order valence-electron chi connectivity index (χ2n) is 6.69. The first kappa shape index (κ1) is 24.1. The van der Waals surface area contributed by atoms with Gasteiger partial charge >= 0.3 is 11.4 Å². The number of aliphatic hydroxyl groups excluding tert-OH is 4. The molecule has 2 fully saturated rings. The number of H-pyrrole nitrogens is 1. The monoisotopic (exact) mass is 474 g/mol. The van der Waals surface area contributed by atoms with E-state index in [9.17, 15) is 24.6 Å². The molecule has 0 unspecified atom stereocenters. The van der Waals surface area contributed by atoms with Crippen molar-refractivity contribution in [3.8, 4) is 0 Å². The number of nitrogens with two attached hydrogens (primary N) is 1. The Hall–Kier alpha value is -2.60. The van der Waals surface area contributed by atoms with Crippen LogP contribution in [0.5, 0.6) is 0 Å². The summed E-state index contributed by atoms with van der Waals surface area (Å²) in [6.45, 7) is -0.564. The summed E-state index contributed by atoms with van der Waals surface area (Å²) in [5.41, 5.74) is 3.12. The van der Waals surface area contributed by atoms with Crippen LogP contribution in [0.4, 0.5) is 5.82 Å². The topological polar surface area (TPSA) is 228 Å². The standard InChI is InChI=1S/C8H11N3O6.C8H11N3O3S/c12-2-3-5(14)6(15)7(17-3)11-8(16)10-4(13)1-9-11;9-5-1-2-11(8(13)10-5)6-4-15-7(3-12)14-6/h1,3,5-7,12,14-15H,2H2,(H,10,13,16);1-2,6-7,12H,3-4H2,(H2,9,10,13)/t3-,5-,6-,7-;6-,7+/m10/s1. The van der Waals surface area contributed by atoms with E-state index < -0.39 is 48.1 Å². The molecule has 32 heavy (non-hydrogen) atoms. The van der Waals surface area contributed by atoms with Gasteiger partial charge in [0.15, 0.2) is 6.23 Å². The maximum absolute atomic E-state index is 11.4. The Morgan fingerprint density at radius 1 is 1.19 bits per heavy atom. The van der Waals surface area contributed by atoms with Crippen molar-refractivity contribution in [1.82, 2.24) is 24.3 Å². The molecule has 2 saturated heterocycles. The van der Waals surface area contributed by atoms with Gasteiger partial charge in [0, 0.05) is 11.9 Å². The Bertz CT molecular complexity index is 1090. The first-order chi connectivity index (χ1) is 15.2.